The third kappa shape index (κ3) is 1.94. The predicted molar refractivity (Wildman–Crippen MR) is 59.1 cm³/mol. The third-order valence-corrected chi connectivity index (χ3v) is 2.95. The summed E-state index contributed by atoms with van der Waals surface area (Å²) in [6, 6.07) is 3.46. The molecule has 0 spiro atoms. The zero-order chi connectivity index (χ0) is 11.1. The maximum Gasteiger partial charge on any atom is 0.151 e. The lowest BCUT2D eigenvalue weighted by molar-refractivity contribution is 0.601. The fraction of sp³-hybridized carbons (Fsp3) is 0.222. The molecule has 6 heteroatoms. The highest BCUT2D eigenvalue weighted by Crippen LogP contribution is 2.23. The molecule has 5 nitrogen and oxygen atoms in total. The van der Waals surface area contributed by atoms with Crippen molar-refractivity contribution in [2.75, 3.05) is 12.0 Å². The van der Waals surface area contributed by atoms with Crippen LogP contribution in [0, 0.1) is 0 Å². The molecule has 2 aromatic rings. The summed E-state index contributed by atoms with van der Waals surface area (Å²) in [5, 5.41) is 0. The molecular formula is C9H11N3O2S. The molecule has 1 aromatic heterocycles. The van der Waals surface area contributed by atoms with Crippen LogP contribution < -0.4 is 5.73 Å². The molecule has 0 radical (unpaired) electrons. The fourth-order valence-electron chi connectivity index (χ4n) is 1.50. The molecule has 15 heavy (non-hydrogen) atoms. The summed E-state index contributed by atoms with van der Waals surface area (Å²) in [5.41, 5.74) is 8.18. The van der Waals surface area contributed by atoms with Crippen molar-refractivity contribution in [3.63, 3.8) is 0 Å². The molecule has 2 rings (SSSR count). The van der Waals surface area contributed by atoms with Gasteiger partial charge in [-0.25, -0.2) is 13.4 Å². The number of fused-ring (bicyclic) bond motifs is 1. The summed E-state index contributed by atoms with van der Waals surface area (Å²) in [7, 11) is -3.10. The van der Waals surface area contributed by atoms with Crippen molar-refractivity contribution < 1.29 is 8.42 Å². The van der Waals surface area contributed by atoms with Crippen molar-refractivity contribution in [2.45, 2.75) is 5.75 Å². The van der Waals surface area contributed by atoms with E-state index < -0.39 is 9.84 Å². The molecule has 0 aliphatic heterocycles. The van der Waals surface area contributed by atoms with Gasteiger partial charge in [0.05, 0.1) is 23.1 Å². The largest absolute Gasteiger partial charge is 0.398 e. The number of imidazole rings is 1. The van der Waals surface area contributed by atoms with Crippen LogP contribution in [0.2, 0.25) is 0 Å². The van der Waals surface area contributed by atoms with Crippen LogP contribution in [-0.4, -0.2) is 24.6 Å². The molecule has 0 fully saturated rings. The normalized spacial score (nSPS) is 12.1. The van der Waals surface area contributed by atoms with Gasteiger partial charge in [-0.3, -0.25) is 0 Å². The highest BCUT2D eigenvalue weighted by Gasteiger charge is 2.13. The van der Waals surface area contributed by atoms with E-state index in [9.17, 15) is 8.42 Å². The maximum absolute atomic E-state index is 11.2. The first-order valence-corrected chi connectivity index (χ1v) is 6.41. The van der Waals surface area contributed by atoms with Gasteiger partial charge >= 0.3 is 0 Å². The van der Waals surface area contributed by atoms with Gasteiger partial charge in [-0.2, -0.15) is 0 Å². The zero-order valence-electron chi connectivity index (χ0n) is 8.19. The van der Waals surface area contributed by atoms with Crippen molar-refractivity contribution >= 4 is 26.6 Å². The number of anilines is 1. The molecule has 0 amide bonds. The second-order valence-electron chi connectivity index (χ2n) is 3.50. The fourth-order valence-corrected chi connectivity index (χ4v) is 2.32. The minimum atomic E-state index is -3.10. The minimum absolute atomic E-state index is 0.0823. The van der Waals surface area contributed by atoms with Crippen LogP contribution in [0.4, 0.5) is 5.69 Å². The second kappa shape index (κ2) is 3.23. The summed E-state index contributed by atoms with van der Waals surface area (Å²) >= 11 is 0. The van der Waals surface area contributed by atoms with Gasteiger partial charge in [-0.15, -0.1) is 0 Å². The molecule has 3 N–H and O–H groups in total. The highest BCUT2D eigenvalue weighted by molar-refractivity contribution is 7.89. The van der Waals surface area contributed by atoms with Crippen LogP contribution >= 0.6 is 0 Å². The van der Waals surface area contributed by atoms with Gasteiger partial charge in [-0.1, -0.05) is 0 Å². The molecule has 0 atom stereocenters. The number of H-pyrrole nitrogens is 1. The van der Waals surface area contributed by atoms with E-state index in [4.69, 9.17) is 5.73 Å². The quantitative estimate of drug-likeness (QED) is 0.736. The van der Waals surface area contributed by atoms with Gasteiger partial charge in [0.25, 0.3) is 0 Å². The average molecular weight is 225 g/mol. The van der Waals surface area contributed by atoms with Crippen LogP contribution in [0.1, 0.15) is 5.56 Å². The summed E-state index contributed by atoms with van der Waals surface area (Å²) in [6.45, 7) is 0. The van der Waals surface area contributed by atoms with Crippen LogP contribution in [0.3, 0.4) is 0 Å². The van der Waals surface area contributed by atoms with Gasteiger partial charge in [0.15, 0.2) is 9.84 Å². The van der Waals surface area contributed by atoms with E-state index in [1.807, 2.05) is 0 Å². The molecule has 80 valence electrons. The Bertz CT molecular complexity index is 601. The Kier molecular flexibility index (Phi) is 2.15. The number of nitrogen functional groups attached to an aromatic ring is 1. The van der Waals surface area contributed by atoms with E-state index in [1.54, 1.807) is 12.1 Å². The molecule has 0 saturated carbocycles. The van der Waals surface area contributed by atoms with E-state index in [0.717, 1.165) is 5.52 Å². The summed E-state index contributed by atoms with van der Waals surface area (Å²) < 4.78 is 22.4. The predicted octanol–water partition coefficient (Wildman–Crippen LogP) is 0.690. The van der Waals surface area contributed by atoms with Crippen molar-refractivity contribution in [3.8, 4) is 0 Å². The first-order chi connectivity index (χ1) is 6.97. The van der Waals surface area contributed by atoms with E-state index >= 15 is 0 Å². The number of aromatic amines is 1. The van der Waals surface area contributed by atoms with Gasteiger partial charge in [0, 0.05) is 17.5 Å². The van der Waals surface area contributed by atoms with E-state index in [1.165, 1.54) is 12.6 Å². The Morgan fingerprint density at radius 3 is 2.87 bits per heavy atom. The van der Waals surface area contributed by atoms with Crippen LogP contribution in [0.5, 0.6) is 0 Å². The van der Waals surface area contributed by atoms with Gasteiger partial charge in [0.2, 0.25) is 0 Å². The first kappa shape index (κ1) is 9.97. The Labute approximate surface area is 87.2 Å². The van der Waals surface area contributed by atoms with Crippen LogP contribution in [-0.2, 0) is 15.6 Å². The second-order valence-corrected chi connectivity index (χ2v) is 5.64. The average Bonchev–Trinajstić information content (AvgIpc) is 2.56. The standard InChI is InChI=1S/C9H11N3O2S/c1-15(13,14)4-6-7(10)2-3-8-9(6)12-5-11-8/h2-3,5H,4,10H2,1H3,(H,11,12). The van der Waals surface area contributed by atoms with Crippen molar-refractivity contribution in [1.29, 1.82) is 0 Å². The number of hydrogen-bond donors (Lipinski definition) is 2. The summed E-state index contributed by atoms with van der Waals surface area (Å²) in [6.07, 6.45) is 2.70. The van der Waals surface area contributed by atoms with Gasteiger partial charge < -0.3 is 10.7 Å². The molecule has 0 saturated heterocycles. The lowest BCUT2D eigenvalue weighted by atomic mass is 10.1. The van der Waals surface area contributed by atoms with E-state index in [-0.39, 0.29) is 5.75 Å². The monoisotopic (exact) mass is 225 g/mol. The van der Waals surface area contributed by atoms with Crippen molar-refractivity contribution in [3.05, 3.63) is 24.0 Å². The molecule has 0 aliphatic carbocycles. The smallest absolute Gasteiger partial charge is 0.151 e. The number of sulfone groups is 1. The number of nitrogens with two attached hydrogens (primary N) is 1. The Balaban J connectivity index is 2.67. The summed E-state index contributed by atoms with van der Waals surface area (Å²) in [4.78, 5) is 6.98. The number of rotatable bonds is 2. The number of benzene rings is 1. The number of aromatic nitrogens is 2. The number of nitrogens with zero attached hydrogens (tertiary/aromatic N) is 1. The molecule has 1 aromatic carbocycles. The molecule has 0 aliphatic rings. The SMILES string of the molecule is CS(=O)(=O)Cc1c(N)ccc2[nH]cnc12. The number of nitrogens with one attached hydrogen (secondary N) is 1. The van der Waals surface area contributed by atoms with Gasteiger partial charge in [0.1, 0.15) is 0 Å². The third-order valence-electron chi connectivity index (χ3n) is 2.14. The molecular weight excluding hydrogens is 214 g/mol. The van der Waals surface area contributed by atoms with Crippen LogP contribution in [0.25, 0.3) is 11.0 Å². The zero-order valence-corrected chi connectivity index (χ0v) is 9.00. The van der Waals surface area contributed by atoms with E-state index in [0.29, 0.717) is 16.8 Å². The lowest BCUT2D eigenvalue weighted by Crippen LogP contribution is -2.04. The number of hydrogen-bond acceptors (Lipinski definition) is 4. The van der Waals surface area contributed by atoms with Crippen molar-refractivity contribution in [2.24, 2.45) is 0 Å². The van der Waals surface area contributed by atoms with Crippen molar-refractivity contribution in [1.82, 2.24) is 9.97 Å². The Hall–Kier alpha value is -1.56. The molecule has 1 heterocycles. The van der Waals surface area contributed by atoms with E-state index in [2.05, 4.69) is 9.97 Å². The topological polar surface area (TPSA) is 88.8 Å². The Morgan fingerprint density at radius 1 is 1.47 bits per heavy atom. The van der Waals surface area contributed by atoms with Gasteiger partial charge in [-0.05, 0) is 12.1 Å². The molecule has 0 unspecified atom stereocenters. The maximum atomic E-state index is 11.2. The van der Waals surface area contributed by atoms with Crippen LogP contribution in [0.15, 0.2) is 18.5 Å². The molecule has 0 bridgehead atoms. The lowest BCUT2D eigenvalue weighted by Gasteiger charge is -2.04. The minimum Gasteiger partial charge on any atom is -0.398 e. The first-order valence-electron chi connectivity index (χ1n) is 4.35. The Morgan fingerprint density at radius 2 is 2.20 bits per heavy atom. The summed E-state index contributed by atoms with van der Waals surface area (Å²) in [5.74, 6) is -0.0823. The highest BCUT2D eigenvalue weighted by atomic mass is 32.2.